The molecule has 1 N–H and O–H groups in total. The van der Waals surface area contributed by atoms with E-state index < -0.39 is 10.8 Å². The van der Waals surface area contributed by atoms with Crippen LogP contribution in [-0.2, 0) is 10.8 Å². The maximum absolute atomic E-state index is 10.9. The molecule has 3 heteroatoms. The molecular weight excluding hydrogens is 194 g/mol. The van der Waals surface area contributed by atoms with Crippen molar-refractivity contribution < 1.29 is 4.21 Å². The SMILES string of the molecule is CCC1CCCC(NCCS(C)=O)C1. The number of hydrogen-bond acceptors (Lipinski definition) is 2. The molecule has 0 aliphatic heterocycles. The second-order valence-corrected chi connectivity index (χ2v) is 5.92. The Morgan fingerprint density at radius 3 is 2.86 bits per heavy atom. The topological polar surface area (TPSA) is 29.1 Å². The fourth-order valence-electron chi connectivity index (χ4n) is 2.25. The van der Waals surface area contributed by atoms with Crippen LogP contribution >= 0.6 is 0 Å². The molecule has 0 heterocycles. The number of hydrogen-bond donors (Lipinski definition) is 1. The molecule has 0 radical (unpaired) electrons. The third-order valence-electron chi connectivity index (χ3n) is 3.18. The quantitative estimate of drug-likeness (QED) is 0.762. The van der Waals surface area contributed by atoms with E-state index in [0.29, 0.717) is 6.04 Å². The van der Waals surface area contributed by atoms with E-state index in [1.165, 1.54) is 32.1 Å². The van der Waals surface area contributed by atoms with Crippen LogP contribution in [0.5, 0.6) is 0 Å². The first-order valence-electron chi connectivity index (χ1n) is 5.75. The van der Waals surface area contributed by atoms with Crippen molar-refractivity contribution in [3.05, 3.63) is 0 Å². The van der Waals surface area contributed by atoms with Gasteiger partial charge in [-0.05, 0) is 18.8 Å². The minimum Gasteiger partial charge on any atom is -0.313 e. The minimum atomic E-state index is -0.643. The van der Waals surface area contributed by atoms with Crippen LogP contribution in [0, 0.1) is 5.92 Å². The highest BCUT2D eigenvalue weighted by molar-refractivity contribution is 7.84. The van der Waals surface area contributed by atoms with E-state index in [4.69, 9.17) is 0 Å². The Morgan fingerprint density at radius 2 is 2.21 bits per heavy atom. The lowest BCUT2D eigenvalue weighted by Crippen LogP contribution is -2.36. The van der Waals surface area contributed by atoms with Crippen molar-refractivity contribution in [1.29, 1.82) is 0 Å². The first-order chi connectivity index (χ1) is 6.72. The lowest BCUT2D eigenvalue weighted by atomic mass is 9.84. The van der Waals surface area contributed by atoms with Gasteiger partial charge in [0.25, 0.3) is 0 Å². The molecule has 3 unspecified atom stereocenters. The average Bonchev–Trinajstić information content (AvgIpc) is 2.18. The zero-order chi connectivity index (χ0) is 10.4. The van der Waals surface area contributed by atoms with Crippen LogP contribution in [0.1, 0.15) is 39.0 Å². The van der Waals surface area contributed by atoms with Crippen molar-refractivity contribution >= 4 is 10.8 Å². The normalized spacial score (nSPS) is 30.1. The smallest absolute Gasteiger partial charge is 0.0357 e. The predicted molar refractivity (Wildman–Crippen MR) is 63.0 cm³/mol. The van der Waals surface area contributed by atoms with Gasteiger partial charge in [-0.25, -0.2) is 0 Å². The van der Waals surface area contributed by atoms with Crippen LogP contribution in [-0.4, -0.2) is 28.8 Å². The van der Waals surface area contributed by atoms with E-state index in [0.717, 1.165) is 18.2 Å². The van der Waals surface area contributed by atoms with Gasteiger partial charge in [0.2, 0.25) is 0 Å². The van der Waals surface area contributed by atoms with Gasteiger partial charge >= 0.3 is 0 Å². The first-order valence-corrected chi connectivity index (χ1v) is 7.48. The van der Waals surface area contributed by atoms with Gasteiger partial charge < -0.3 is 5.32 Å². The monoisotopic (exact) mass is 217 g/mol. The van der Waals surface area contributed by atoms with E-state index >= 15 is 0 Å². The molecule has 0 bridgehead atoms. The highest BCUT2D eigenvalue weighted by atomic mass is 32.2. The van der Waals surface area contributed by atoms with Gasteiger partial charge in [0, 0.05) is 35.4 Å². The molecule has 1 rings (SSSR count). The summed E-state index contributed by atoms with van der Waals surface area (Å²) < 4.78 is 10.9. The molecule has 14 heavy (non-hydrogen) atoms. The van der Waals surface area contributed by atoms with Gasteiger partial charge in [-0.2, -0.15) is 0 Å². The molecule has 0 aromatic carbocycles. The zero-order valence-electron chi connectivity index (χ0n) is 9.42. The molecule has 0 aromatic rings. The molecule has 0 spiro atoms. The summed E-state index contributed by atoms with van der Waals surface area (Å²) >= 11 is 0. The average molecular weight is 217 g/mol. The van der Waals surface area contributed by atoms with Gasteiger partial charge in [0.15, 0.2) is 0 Å². The minimum absolute atomic E-state index is 0.643. The largest absolute Gasteiger partial charge is 0.313 e. The molecular formula is C11H23NOS. The molecule has 1 aliphatic carbocycles. The Kier molecular flexibility index (Phi) is 5.71. The lowest BCUT2D eigenvalue weighted by Gasteiger charge is -2.29. The van der Waals surface area contributed by atoms with Gasteiger partial charge in [0.1, 0.15) is 0 Å². The van der Waals surface area contributed by atoms with E-state index in [-0.39, 0.29) is 0 Å². The van der Waals surface area contributed by atoms with Gasteiger partial charge in [-0.15, -0.1) is 0 Å². The lowest BCUT2D eigenvalue weighted by molar-refractivity contribution is 0.283. The predicted octanol–water partition coefficient (Wildman–Crippen LogP) is 1.92. The molecule has 1 fully saturated rings. The van der Waals surface area contributed by atoms with E-state index in [1.54, 1.807) is 6.26 Å². The van der Waals surface area contributed by atoms with Crippen LogP contribution in [0.15, 0.2) is 0 Å². The molecule has 0 saturated heterocycles. The van der Waals surface area contributed by atoms with Crippen molar-refractivity contribution in [3.8, 4) is 0 Å². The summed E-state index contributed by atoms with van der Waals surface area (Å²) in [6, 6.07) is 0.692. The van der Waals surface area contributed by atoms with E-state index in [1.807, 2.05) is 0 Å². The summed E-state index contributed by atoms with van der Waals surface area (Å²) in [7, 11) is -0.643. The molecule has 1 aliphatic rings. The summed E-state index contributed by atoms with van der Waals surface area (Å²) in [4.78, 5) is 0. The maximum atomic E-state index is 10.9. The summed E-state index contributed by atoms with van der Waals surface area (Å²) in [5.74, 6) is 1.72. The summed E-state index contributed by atoms with van der Waals surface area (Å²) in [6.07, 6.45) is 8.51. The zero-order valence-corrected chi connectivity index (χ0v) is 10.2. The number of nitrogens with one attached hydrogen (secondary N) is 1. The van der Waals surface area contributed by atoms with Gasteiger partial charge in [-0.3, -0.25) is 4.21 Å². The Hall–Kier alpha value is 0.110. The fourth-order valence-corrected chi connectivity index (χ4v) is 2.66. The summed E-state index contributed by atoms with van der Waals surface area (Å²) in [5.41, 5.74) is 0. The Morgan fingerprint density at radius 1 is 1.43 bits per heavy atom. The van der Waals surface area contributed by atoms with Crippen LogP contribution in [0.2, 0.25) is 0 Å². The third-order valence-corrected chi connectivity index (χ3v) is 3.96. The van der Waals surface area contributed by atoms with Crippen LogP contribution in [0.4, 0.5) is 0 Å². The highest BCUT2D eigenvalue weighted by Gasteiger charge is 2.19. The molecule has 3 atom stereocenters. The standard InChI is InChI=1S/C11H23NOS/c1-3-10-5-4-6-11(9-10)12-7-8-14(2)13/h10-12H,3-9H2,1-2H3. The van der Waals surface area contributed by atoms with Crippen molar-refractivity contribution in [2.45, 2.75) is 45.1 Å². The maximum Gasteiger partial charge on any atom is 0.0357 e. The molecule has 1 saturated carbocycles. The summed E-state index contributed by atoms with van der Waals surface area (Å²) in [6.45, 7) is 3.21. The van der Waals surface area contributed by atoms with Crippen LogP contribution in [0.25, 0.3) is 0 Å². The van der Waals surface area contributed by atoms with E-state index in [9.17, 15) is 4.21 Å². The Balaban J connectivity index is 2.14. The second-order valence-electron chi connectivity index (χ2n) is 4.37. The first kappa shape index (κ1) is 12.2. The highest BCUT2D eigenvalue weighted by Crippen LogP contribution is 2.26. The molecule has 2 nitrogen and oxygen atoms in total. The Bertz CT molecular complexity index is 184. The van der Waals surface area contributed by atoms with Crippen molar-refractivity contribution in [2.75, 3.05) is 18.6 Å². The summed E-state index contributed by atoms with van der Waals surface area (Å²) in [5, 5.41) is 3.52. The van der Waals surface area contributed by atoms with Crippen molar-refractivity contribution in [3.63, 3.8) is 0 Å². The molecule has 84 valence electrons. The molecule has 0 amide bonds. The van der Waals surface area contributed by atoms with Gasteiger partial charge in [0.05, 0.1) is 0 Å². The molecule has 0 aromatic heterocycles. The van der Waals surface area contributed by atoms with Gasteiger partial charge in [-0.1, -0.05) is 26.2 Å². The van der Waals surface area contributed by atoms with Crippen LogP contribution < -0.4 is 5.32 Å². The van der Waals surface area contributed by atoms with E-state index in [2.05, 4.69) is 12.2 Å². The Labute approximate surface area is 90.3 Å². The fraction of sp³-hybridized carbons (Fsp3) is 1.00. The van der Waals surface area contributed by atoms with Crippen LogP contribution in [0.3, 0.4) is 0 Å². The number of rotatable bonds is 5. The third kappa shape index (κ3) is 4.56. The second kappa shape index (κ2) is 6.57. The van der Waals surface area contributed by atoms with Crippen molar-refractivity contribution in [1.82, 2.24) is 5.32 Å². The van der Waals surface area contributed by atoms with Crippen molar-refractivity contribution in [2.24, 2.45) is 5.92 Å².